The Balaban J connectivity index is 1.45. The summed E-state index contributed by atoms with van der Waals surface area (Å²) in [5, 5.41) is 4.16. The number of piperazine rings is 1. The third kappa shape index (κ3) is 3.41. The van der Waals surface area contributed by atoms with Crippen molar-refractivity contribution in [3.8, 4) is 23.1 Å². The summed E-state index contributed by atoms with van der Waals surface area (Å²) in [5.74, 6) is 1.01. The van der Waals surface area contributed by atoms with E-state index in [1.54, 1.807) is 25.3 Å². The highest BCUT2D eigenvalue weighted by molar-refractivity contribution is 6.00. The Morgan fingerprint density at radius 1 is 1.25 bits per heavy atom. The largest absolute Gasteiger partial charge is 0.494 e. The Labute approximate surface area is 205 Å². The van der Waals surface area contributed by atoms with Crippen molar-refractivity contribution in [3.05, 3.63) is 35.9 Å². The Bertz CT molecular complexity index is 1510. The van der Waals surface area contributed by atoms with Gasteiger partial charge < -0.3 is 28.8 Å². The van der Waals surface area contributed by atoms with Crippen LogP contribution in [0.15, 0.2) is 30.3 Å². The van der Waals surface area contributed by atoms with E-state index < -0.39 is 6.61 Å². The lowest BCUT2D eigenvalue weighted by atomic mass is 10.1. The number of nitrogens with zero attached hydrogens (tertiary/aromatic N) is 5. The van der Waals surface area contributed by atoms with Crippen molar-refractivity contribution >= 4 is 28.0 Å². The number of nitrogens with one attached hydrogen (secondary N) is 1. The SMILES string of the molecule is CCn1c(-c2nc3cc(C(=O)N4C[C@H]5N[C@H]5[C@H]4C)cc(OC)c3n2C)cc2ccc(OC(F)F)nc21. The van der Waals surface area contributed by atoms with Crippen molar-refractivity contribution in [2.24, 2.45) is 7.05 Å². The molecule has 3 aromatic heterocycles. The molecule has 188 valence electrons. The molecule has 1 aromatic carbocycles. The summed E-state index contributed by atoms with van der Waals surface area (Å²) in [7, 11) is 3.46. The van der Waals surface area contributed by atoms with E-state index in [0.29, 0.717) is 53.5 Å². The maximum atomic E-state index is 13.4. The molecule has 0 radical (unpaired) electrons. The fourth-order valence-electron chi connectivity index (χ4n) is 5.43. The first kappa shape index (κ1) is 22.7. The number of hydrogen-bond donors (Lipinski definition) is 1. The number of likely N-dealkylation sites (tertiary alicyclic amines) is 1. The first-order valence-corrected chi connectivity index (χ1v) is 11.9. The predicted molar refractivity (Wildman–Crippen MR) is 130 cm³/mol. The van der Waals surface area contributed by atoms with Gasteiger partial charge >= 0.3 is 6.61 Å². The molecule has 5 heterocycles. The zero-order valence-electron chi connectivity index (χ0n) is 20.3. The Morgan fingerprint density at radius 3 is 2.72 bits per heavy atom. The van der Waals surface area contributed by atoms with Gasteiger partial charge in [0.05, 0.1) is 18.3 Å². The Morgan fingerprint density at radius 2 is 2.06 bits per heavy atom. The van der Waals surface area contributed by atoms with Gasteiger partial charge in [-0.3, -0.25) is 4.79 Å². The number of imidazole rings is 1. The summed E-state index contributed by atoms with van der Waals surface area (Å²) in [6, 6.07) is 9.51. The van der Waals surface area contributed by atoms with Gasteiger partial charge in [0.25, 0.3) is 5.91 Å². The molecule has 1 amide bonds. The number of methoxy groups -OCH3 is 1. The van der Waals surface area contributed by atoms with Crippen LogP contribution < -0.4 is 14.8 Å². The van der Waals surface area contributed by atoms with Crippen LogP contribution in [0.5, 0.6) is 11.6 Å². The van der Waals surface area contributed by atoms with Crippen molar-refractivity contribution < 1.29 is 23.0 Å². The molecule has 0 saturated carbocycles. The van der Waals surface area contributed by atoms with E-state index in [4.69, 9.17) is 9.72 Å². The smallest absolute Gasteiger partial charge is 0.388 e. The van der Waals surface area contributed by atoms with E-state index in [0.717, 1.165) is 16.6 Å². The molecule has 6 rings (SSSR count). The van der Waals surface area contributed by atoms with E-state index in [-0.39, 0.29) is 17.8 Å². The van der Waals surface area contributed by atoms with Gasteiger partial charge in [-0.25, -0.2) is 4.98 Å². The lowest BCUT2D eigenvalue weighted by molar-refractivity contribution is -0.0526. The first-order valence-electron chi connectivity index (χ1n) is 11.9. The number of carbonyl (C=O) groups excluding carboxylic acids is 1. The van der Waals surface area contributed by atoms with E-state index in [9.17, 15) is 13.6 Å². The minimum Gasteiger partial charge on any atom is -0.494 e. The summed E-state index contributed by atoms with van der Waals surface area (Å²) >= 11 is 0. The summed E-state index contributed by atoms with van der Waals surface area (Å²) in [6.07, 6.45) is 0. The molecule has 11 heteroatoms. The highest BCUT2D eigenvalue weighted by Gasteiger charge is 2.51. The molecule has 0 aliphatic carbocycles. The van der Waals surface area contributed by atoms with Crippen molar-refractivity contribution in [3.63, 3.8) is 0 Å². The standard InChI is InChI=1S/C25H26F2N6O3/c1-5-32-17(9-13-6-7-19(30-22(13)32)36-25(26)27)23-29-15-8-14(10-18(35-4)21(15)31(23)3)24(34)33-11-16-20(28-16)12(33)2/h6-10,12,16,20,25,28H,5,11H2,1-4H3/t12-,16-,20+/m1/s1. The van der Waals surface area contributed by atoms with Crippen molar-refractivity contribution in [1.29, 1.82) is 0 Å². The third-order valence-electron chi connectivity index (χ3n) is 7.27. The molecular weight excluding hydrogens is 470 g/mol. The van der Waals surface area contributed by atoms with Gasteiger partial charge in [-0.05, 0) is 38.1 Å². The number of alkyl halides is 2. The van der Waals surface area contributed by atoms with Crippen molar-refractivity contribution in [2.45, 2.75) is 45.1 Å². The van der Waals surface area contributed by atoms with Crippen LogP contribution in [0, 0.1) is 0 Å². The lowest BCUT2D eigenvalue weighted by Gasteiger charge is -2.24. The van der Waals surface area contributed by atoms with Gasteiger partial charge in [-0.2, -0.15) is 13.8 Å². The second-order valence-electron chi connectivity index (χ2n) is 9.25. The van der Waals surface area contributed by atoms with Gasteiger partial charge in [0, 0.05) is 55.3 Å². The highest BCUT2D eigenvalue weighted by atomic mass is 19.3. The van der Waals surface area contributed by atoms with Crippen LogP contribution in [0.4, 0.5) is 8.78 Å². The van der Waals surface area contributed by atoms with Crippen LogP contribution in [-0.2, 0) is 13.6 Å². The molecule has 2 aliphatic rings. The predicted octanol–water partition coefficient (Wildman–Crippen LogP) is 3.40. The average molecular weight is 497 g/mol. The van der Waals surface area contributed by atoms with E-state index in [1.807, 2.05) is 34.1 Å². The number of amides is 1. The quantitative estimate of drug-likeness (QED) is 0.411. The molecule has 2 aliphatic heterocycles. The first-order chi connectivity index (χ1) is 17.3. The molecule has 2 saturated heterocycles. The number of hydrogen-bond acceptors (Lipinski definition) is 6. The van der Waals surface area contributed by atoms with Crippen LogP contribution in [0.3, 0.4) is 0 Å². The topological polar surface area (TPSA) is 96.4 Å². The Kier molecular flexibility index (Phi) is 5.15. The van der Waals surface area contributed by atoms with Gasteiger partial charge in [0.2, 0.25) is 5.88 Å². The molecule has 0 bridgehead atoms. The van der Waals surface area contributed by atoms with E-state index >= 15 is 0 Å². The fraction of sp³-hybridized carbons (Fsp3) is 0.400. The molecule has 36 heavy (non-hydrogen) atoms. The number of ether oxygens (including phenoxy) is 2. The number of aryl methyl sites for hydroxylation is 2. The number of carbonyl (C=O) groups is 1. The summed E-state index contributed by atoms with van der Waals surface area (Å²) in [6.45, 7) is 2.29. The van der Waals surface area contributed by atoms with Gasteiger partial charge in [-0.1, -0.05) is 0 Å². The highest BCUT2D eigenvalue weighted by Crippen LogP contribution is 2.36. The van der Waals surface area contributed by atoms with Crippen LogP contribution in [0.1, 0.15) is 24.2 Å². The Hall–Kier alpha value is -3.73. The van der Waals surface area contributed by atoms with Gasteiger partial charge in [0.1, 0.15) is 16.9 Å². The summed E-state index contributed by atoms with van der Waals surface area (Å²) < 4.78 is 39.4. The molecule has 9 nitrogen and oxygen atoms in total. The molecule has 0 unspecified atom stereocenters. The van der Waals surface area contributed by atoms with Crippen LogP contribution >= 0.6 is 0 Å². The van der Waals surface area contributed by atoms with E-state index in [1.165, 1.54) is 6.07 Å². The number of benzene rings is 1. The van der Waals surface area contributed by atoms with Crippen LogP contribution in [0.2, 0.25) is 0 Å². The molecule has 3 atom stereocenters. The number of halogens is 2. The summed E-state index contributed by atoms with van der Waals surface area (Å²) in [4.78, 5) is 24.4. The van der Waals surface area contributed by atoms with Gasteiger partial charge in [0.15, 0.2) is 5.82 Å². The number of pyridine rings is 1. The molecule has 1 N–H and O–H groups in total. The minimum absolute atomic E-state index is 0.0395. The maximum absolute atomic E-state index is 13.4. The average Bonchev–Trinajstić information content (AvgIpc) is 3.28. The maximum Gasteiger partial charge on any atom is 0.388 e. The molecular formula is C25H26F2N6O3. The second-order valence-corrected chi connectivity index (χ2v) is 9.25. The zero-order valence-corrected chi connectivity index (χ0v) is 20.3. The van der Waals surface area contributed by atoms with Crippen LogP contribution in [0.25, 0.3) is 33.6 Å². The van der Waals surface area contributed by atoms with Crippen LogP contribution in [-0.4, -0.2) is 68.3 Å². The lowest BCUT2D eigenvalue weighted by Crippen LogP contribution is -2.40. The molecule has 2 fully saturated rings. The summed E-state index contributed by atoms with van der Waals surface area (Å²) in [5.41, 5.74) is 3.21. The number of rotatable bonds is 6. The normalized spacial score (nSPS) is 21.0. The zero-order chi connectivity index (χ0) is 25.3. The monoisotopic (exact) mass is 496 g/mol. The molecule has 4 aromatic rings. The number of aromatic nitrogens is 4. The molecule has 0 spiro atoms. The van der Waals surface area contributed by atoms with E-state index in [2.05, 4.69) is 22.0 Å². The van der Waals surface area contributed by atoms with Crippen molar-refractivity contribution in [2.75, 3.05) is 13.7 Å². The third-order valence-corrected chi connectivity index (χ3v) is 7.27. The van der Waals surface area contributed by atoms with Gasteiger partial charge in [-0.15, -0.1) is 0 Å². The number of fused-ring (bicyclic) bond motifs is 3. The van der Waals surface area contributed by atoms with Crippen molar-refractivity contribution in [1.82, 2.24) is 29.3 Å². The minimum atomic E-state index is -2.95. The fourth-order valence-corrected chi connectivity index (χ4v) is 5.43. The second kappa shape index (κ2) is 8.16.